The Morgan fingerprint density at radius 1 is 1.00 bits per heavy atom. The van der Waals surface area contributed by atoms with Crippen LogP contribution in [0.1, 0.15) is 16.7 Å². The molecule has 2 N–H and O–H groups in total. The quantitative estimate of drug-likeness (QED) is 0.903. The standard InChI is InChI=1S/C17H22N2/c1-13-8-9-16(14(2)12-13)19(3)17-7-5-4-6-15(17)10-11-18/h4-9,12H,10-11,18H2,1-3H3. The Morgan fingerprint density at radius 3 is 2.42 bits per heavy atom. The Balaban J connectivity index is 2.41. The summed E-state index contributed by atoms with van der Waals surface area (Å²) in [6.45, 7) is 4.96. The van der Waals surface area contributed by atoms with Crippen molar-refractivity contribution in [3.8, 4) is 0 Å². The number of nitrogens with two attached hydrogens (primary N) is 1. The van der Waals surface area contributed by atoms with E-state index in [1.54, 1.807) is 0 Å². The van der Waals surface area contributed by atoms with Gasteiger partial charge < -0.3 is 10.6 Å². The van der Waals surface area contributed by atoms with E-state index in [1.165, 1.54) is 28.1 Å². The zero-order valence-corrected chi connectivity index (χ0v) is 12.0. The number of hydrogen-bond acceptors (Lipinski definition) is 2. The summed E-state index contributed by atoms with van der Waals surface area (Å²) in [4.78, 5) is 2.25. The molecule has 0 unspecified atom stereocenters. The van der Waals surface area contributed by atoms with Crippen molar-refractivity contribution in [2.45, 2.75) is 20.3 Å². The van der Waals surface area contributed by atoms with Gasteiger partial charge in [0.15, 0.2) is 0 Å². The molecule has 0 aliphatic heterocycles. The van der Waals surface area contributed by atoms with Crippen LogP contribution in [0.5, 0.6) is 0 Å². The third-order valence-corrected chi connectivity index (χ3v) is 3.48. The highest BCUT2D eigenvalue weighted by Gasteiger charge is 2.10. The van der Waals surface area contributed by atoms with Gasteiger partial charge in [0.25, 0.3) is 0 Å². The van der Waals surface area contributed by atoms with Gasteiger partial charge in [0.2, 0.25) is 0 Å². The molecule has 0 saturated heterocycles. The topological polar surface area (TPSA) is 29.3 Å². The first-order valence-electron chi connectivity index (χ1n) is 6.72. The normalized spacial score (nSPS) is 10.5. The van der Waals surface area contributed by atoms with Gasteiger partial charge in [-0.05, 0) is 50.1 Å². The van der Waals surface area contributed by atoms with Gasteiger partial charge in [0.05, 0.1) is 0 Å². The van der Waals surface area contributed by atoms with E-state index < -0.39 is 0 Å². The second-order valence-electron chi connectivity index (χ2n) is 5.02. The van der Waals surface area contributed by atoms with Gasteiger partial charge in [-0.1, -0.05) is 35.9 Å². The number of para-hydroxylation sites is 1. The Kier molecular flexibility index (Phi) is 4.23. The van der Waals surface area contributed by atoms with Crippen LogP contribution in [0.15, 0.2) is 42.5 Å². The van der Waals surface area contributed by atoms with Gasteiger partial charge in [0, 0.05) is 18.4 Å². The molecule has 0 atom stereocenters. The van der Waals surface area contributed by atoms with Crippen LogP contribution in [0.3, 0.4) is 0 Å². The van der Waals surface area contributed by atoms with E-state index in [2.05, 4.69) is 68.3 Å². The zero-order chi connectivity index (χ0) is 13.8. The number of benzene rings is 2. The molecule has 0 aliphatic rings. The predicted octanol–water partition coefficient (Wildman–Crippen LogP) is 3.57. The minimum absolute atomic E-state index is 0.678. The summed E-state index contributed by atoms with van der Waals surface area (Å²) in [5.74, 6) is 0. The first-order chi connectivity index (χ1) is 9.13. The molecule has 2 aromatic carbocycles. The summed E-state index contributed by atoms with van der Waals surface area (Å²) in [6, 6.07) is 15.0. The second-order valence-corrected chi connectivity index (χ2v) is 5.02. The summed E-state index contributed by atoms with van der Waals surface area (Å²) in [5, 5.41) is 0. The van der Waals surface area contributed by atoms with E-state index in [4.69, 9.17) is 5.73 Å². The first kappa shape index (κ1) is 13.6. The van der Waals surface area contributed by atoms with E-state index >= 15 is 0 Å². The molecule has 19 heavy (non-hydrogen) atoms. The van der Waals surface area contributed by atoms with Crippen LogP contribution in [0, 0.1) is 13.8 Å². The average molecular weight is 254 g/mol. The van der Waals surface area contributed by atoms with Crippen molar-refractivity contribution in [2.75, 3.05) is 18.5 Å². The fourth-order valence-electron chi connectivity index (χ4n) is 2.52. The zero-order valence-electron chi connectivity index (χ0n) is 12.0. The van der Waals surface area contributed by atoms with E-state index in [1.807, 2.05) is 0 Å². The van der Waals surface area contributed by atoms with Gasteiger partial charge in [-0.3, -0.25) is 0 Å². The summed E-state index contributed by atoms with van der Waals surface area (Å²) in [7, 11) is 2.12. The van der Waals surface area contributed by atoms with Gasteiger partial charge in [-0.25, -0.2) is 0 Å². The lowest BCUT2D eigenvalue weighted by Crippen LogP contribution is -2.14. The van der Waals surface area contributed by atoms with Crippen molar-refractivity contribution >= 4 is 11.4 Å². The molecular formula is C17H22N2. The van der Waals surface area contributed by atoms with Crippen molar-refractivity contribution in [2.24, 2.45) is 5.73 Å². The number of aryl methyl sites for hydroxylation is 2. The fourth-order valence-corrected chi connectivity index (χ4v) is 2.52. The third kappa shape index (κ3) is 2.96. The molecule has 0 radical (unpaired) electrons. The van der Waals surface area contributed by atoms with Crippen molar-refractivity contribution in [3.05, 3.63) is 59.2 Å². The summed E-state index contributed by atoms with van der Waals surface area (Å²) in [5.41, 5.74) is 12.1. The number of nitrogens with zero attached hydrogens (tertiary/aromatic N) is 1. The van der Waals surface area contributed by atoms with Crippen molar-refractivity contribution in [3.63, 3.8) is 0 Å². The summed E-state index contributed by atoms with van der Waals surface area (Å²) in [6.07, 6.45) is 0.908. The number of hydrogen-bond donors (Lipinski definition) is 1. The SMILES string of the molecule is Cc1ccc(N(C)c2ccccc2CCN)c(C)c1. The van der Waals surface area contributed by atoms with Crippen LogP contribution < -0.4 is 10.6 Å². The highest BCUT2D eigenvalue weighted by molar-refractivity contribution is 5.68. The lowest BCUT2D eigenvalue weighted by atomic mass is 10.1. The van der Waals surface area contributed by atoms with E-state index in [-0.39, 0.29) is 0 Å². The molecule has 0 fully saturated rings. The highest BCUT2D eigenvalue weighted by Crippen LogP contribution is 2.30. The van der Waals surface area contributed by atoms with Gasteiger partial charge in [-0.2, -0.15) is 0 Å². The smallest absolute Gasteiger partial charge is 0.0441 e. The van der Waals surface area contributed by atoms with Crippen LogP contribution in [0.4, 0.5) is 11.4 Å². The number of rotatable bonds is 4. The molecule has 2 rings (SSSR count). The van der Waals surface area contributed by atoms with Crippen LogP contribution in [-0.2, 0) is 6.42 Å². The Bertz CT molecular complexity index is 561. The van der Waals surface area contributed by atoms with Gasteiger partial charge >= 0.3 is 0 Å². The maximum absolute atomic E-state index is 5.70. The van der Waals surface area contributed by atoms with Crippen molar-refractivity contribution in [1.29, 1.82) is 0 Å². The molecule has 0 saturated carbocycles. The molecule has 0 bridgehead atoms. The van der Waals surface area contributed by atoms with Crippen LogP contribution in [-0.4, -0.2) is 13.6 Å². The Labute approximate surface area is 115 Å². The third-order valence-electron chi connectivity index (χ3n) is 3.48. The second kappa shape index (κ2) is 5.89. The van der Waals surface area contributed by atoms with Crippen LogP contribution >= 0.6 is 0 Å². The lowest BCUT2D eigenvalue weighted by Gasteiger charge is -2.24. The molecule has 0 amide bonds. The lowest BCUT2D eigenvalue weighted by molar-refractivity contribution is 0.960. The molecule has 0 spiro atoms. The molecule has 0 heterocycles. The maximum atomic E-state index is 5.70. The molecule has 2 nitrogen and oxygen atoms in total. The largest absolute Gasteiger partial charge is 0.344 e. The molecular weight excluding hydrogens is 232 g/mol. The molecule has 2 aromatic rings. The Morgan fingerprint density at radius 2 is 1.74 bits per heavy atom. The average Bonchev–Trinajstić information content (AvgIpc) is 2.39. The molecule has 0 aromatic heterocycles. The van der Waals surface area contributed by atoms with Crippen molar-refractivity contribution < 1.29 is 0 Å². The first-order valence-corrected chi connectivity index (χ1v) is 6.72. The van der Waals surface area contributed by atoms with Gasteiger partial charge in [0.1, 0.15) is 0 Å². The van der Waals surface area contributed by atoms with Crippen molar-refractivity contribution in [1.82, 2.24) is 0 Å². The predicted molar refractivity (Wildman–Crippen MR) is 83.2 cm³/mol. The minimum Gasteiger partial charge on any atom is -0.344 e. The molecule has 0 aliphatic carbocycles. The van der Waals surface area contributed by atoms with E-state index in [0.29, 0.717) is 6.54 Å². The fraction of sp³-hybridized carbons (Fsp3) is 0.294. The monoisotopic (exact) mass is 254 g/mol. The Hall–Kier alpha value is -1.80. The highest BCUT2D eigenvalue weighted by atomic mass is 15.1. The van der Waals surface area contributed by atoms with Crippen LogP contribution in [0.25, 0.3) is 0 Å². The van der Waals surface area contributed by atoms with Crippen LogP contribution in [0.2, 0.25) is 0 Å². The number of anilines is 2. The van der Waals surface area contributed by atoms with Gasteiger partial charge in [-0.15, -0.1) is 0 Å². The van der Waals surface area contributed by atoms with E-state index in [9.17, 15) is 0 Å². The summed E-state index contributed by atoms with van der Waals surface area (Å²) >= 11 is 0. The van der Waals surface area contributed by atoms with E-state index in [0.717, 1.165) is 6.42 Å². The summed E-state index contributed by atoms with van der Waals surface area (Å²) < 4.78 is 0. The molecule has 2 heteroatoms. The minimum atomic E-state index is 0.678. The maximum Gasteiger partial charge on any atom is 0.0441 e. The molecule has 100 valence electrons.